The molecule has 25 heavy (non-hydrogen) atoms. The van der Waals surface area contributed by atoms with Crippen LogP contribution in [0.4, 0.5) is 0 Å². The van der Waals surface area contributed by atoms with Crippen LogP contribution >= 0.6 is 0 Å². The highest BCUT2D eigenvalue weighted by molar-refractivity contribution is 5.89. The number of benzene rings is 4. The van der Waals surface area contributed by atoms with Gasteiger partial charge in [-0.2, -0.15) is 0 Å². The third-order valence-electron chi connectivity index (χ3n) is 5.67. The third kappa shape index (κ3) is 2.07. The quantitative estimate of drug-likeness (QED) is 0.361. The molecule has 0 N–H and O–H groups in total. The van der Waals surface area contributed by atoms with Crippen molar-refractivity contribution >= 4 is 10.8 Å². The predicted octanol–water partition coefficient (Wildman–Crippen LogP) is 6.81. The van der Waals surface area contributed by atoms with Gasteiger partial charge in [-0.25, -0.2) is 0 Å². The van der Waals surface area contributed by atoms with Crippen LogP contribution in [-0.4, -0.2) is 0 Å². The van der Waals surface area contributed by atoms with Gasteiger partial charge in [0.25, 0.3) is 0 Å². The molecule has 0 aromatic heterocycles. The molecular weight excluding hydrogens is 300 g/mol. The fourth-order valence-electron chi connectivity index (χ4n) is 4.27. The van der Waals surface area contributed by atoms with E-state index in [0.717, 1.165) is 0 Å². The molecule has 0 aliphatic heterocycles. The van der Waals surface area contributed by atoms with Gasteiger partial charge in [0.2, 0.25) is 0 Å². The lowest BCUT2D eigenvalue weighted by molar-refractivity contribution is 0.660. The van der Waals surface area contributed by atoms with Gasteiger partial charge in [-0.05, 0) is 56.3 Å². The Morgan fingerprint density at radius 1 is 0.520 bits per heavy atom. The molecule has 0 spiro atoms. The second-order valence-corrected chi connectivity index (χ2v) is 7.49. The van der Waals surface area contributed by atoms with E-state index < -0.39 is 0 Å². The van der Waals surface area contributed by atoms with E-state index in [4.69, 9.17) is 0 Å². The topological polar surface area (TPSA) is 0 Å². The smallest absolute Gasteiger partial charge is 0.0158 e. The third-order valence-corrected chi connectivity index (χ3v) is 5.67. The van der Waals surface area contributed by atoms with Crippen molar-refractivity contribution in [2.75, 3.05) is 0 Å². The van der Waals surface area contributed by atoms with Gasteiger partial charge in [0, 0.05) is 5.41 Å². The van der Waals surface area contributed by atoms with Crippen LogP contribution in [0.15, 0.2) is 84.9 Å². The van der Waals surface area contributed by atoms with Gasteiger partial charge >= 0.3 is 0 Å². The van der Waals surface area contributed by atoms with E-state index in [1.54, 1.807) is 0 Å². The molecule has 4 aromatic carbocycles. The molecule has 1 aliphatic rings. The monoisotopic (exact) mass is 320 g/mol. The first-order chi connectivity index (χ1) is 12.1. The second-order valence-electron chi connectivity index (χ2n) is 7.49. The van der Waals surface area contributed by atoms with Gasteiger partial charge in [-0.15, -0.1) is 0 Å². The van der Waals surface area contributed by atoms with E-state index in [9.17, 15) is 0 Å². The zero-order valence-electron chi connectivity index (χ0n) is 14.6. The van der Waals surface area contributed by atoms with Crippen LogP contribution in [0.5, 0.6) is 0 Å². The Morgan fingerprint density at radius 3 is 2.04 bits per heavy atom. The van der Waals surface area contributed by atoms with Crippen LogP contribution in [0.25, 0.3) is 33.0 Å². The first-order valence-corrected chi connectivity index (χ1v) is 8.88. The average Bonchev–Trinajstić information content (AvgIpc) is 2.89. The van der Waals surface area contributed by atoms with Crippen LogP contribution in [0, 0.1) is 0 Å². The van der Waals surface area contributed by atoms with E-state index in [1.165, 1.54) is 44.2 Å². The highest BCUT2D eigenvalue weighted by Crippen LogP contribution is 2.49. The molecule has 0 bridgehead atoms. The maximum atomic E-state index is 2.37. The predicted molar refractivity (Wildman–Crippen MR) is 107 cm³/mol. The molecule has 0 fully saturated rings. The van der Waals surface area contributed by atoms with Gasteiger partial charge in [-0.3, -0.25) is 0 Å². The van der Waals surface area contributed by atoms with Crippen molar-refractivity contribution in [1.82, 2.24) is 0 Å². The van der Waals surface area contributed by atoms with Crippen molar-refractivity contribution in [2.24, 2.45) is 0 Å². The molecule has 1 aliphatic carbocycles. The summed E-state index contributed by atoms with van der Waals surface area (Å²) in [7, 11) is 0. The van der Waals surface area contributed by atoms with Gasteiger partial charge in [-0.1, -0.05) is 86.6 Å². The van der Waals surface area contributed by atoms with Crippen LogP contribution in [0.3, 0.4) is 0 Å². The molecule has 0 radical (unpaired) electrons. The van der Waals surface area contributed by atoms with Crippen molar-refractivity contribution < 1.29 is 0 Å². The number of hydrogen-bond acceptors (Lipinski definition) is 0. The summed E-state index contributed by atoms with van der Waals surface area (Å²) in [5.41, 5.74) is 8.27. The van der Waals surface area contributed by atoms with Crippen molar-refractivity contribution in [3.05, 3.63) is 96.1 Å². The normalized spacial score (nSPS) is 14.3. The zero-order chi connectivity index (χ0) is 17.0. The standard InChI is InChI=1S/C25H20/c1-25(2)23-10-6-5-9-21(23)22-16-20(13-14-24(22)25)19-12-11-17-7-3-4-8-18(17)15-19/h3-16H,1-2H3. The fourth-order valence-corrected chi connectivity index (χ4v) is 4.27. The molecule has 0 heteroatoms. The van der Waals surface area contributed by atoms with Gasteiger partial charge < -0.3 is 0 Å². The summed E-state index contributed by atoms with van der Waals surface area (Å²) in [6, 6.07) is 31.1. The molecule has 0 saturated carbocycles. The highest BCUT2D eigenvalue weighted by Gasteiger charge is 2.34. The maximum Gasteiger partial charge on any atom is 0.0158 e. The van der Waals surface area contributed by atoms with Crippen LogP contribution in [0.2, 0.25) is 0 Å². The molecule has 5 rings (SSSR count). The largest absolute Gasteiger partial charge is 0.0619 e. The van der Waals surface area contributed by atoms with Crippen molar-refractivity contribution in [2.45, 2.75) is 19.3 Å². The first kappa shape index (κ1) is 14.5. The number of rotatable bonds is 1. The van der Waals surface area contributed by atoms with Gasteiger partial charge in [0.1, 0.15) is 0 Å². The Morgan fingerprint density at radius 2 is 1.16 bits per heavy atom. The summed E-state index contributed by atoms with van der Waals surface area (Å²) in [4.78, 5) is 0. The van der Waals surface area contributed by atoms with Crippen molar-refractivity contribution in [3.63, 3.8) is 0 Å². The Kier molecular flexibility index (Phi) is 2.93. The van der Waals surface area contributed by atoms with Gasteiger partial charge in [0.15, 0.2) is 0 Å². The summed E-state index contributed by atoms with van der Waals surface area (Å²) in [5.74, 6) is 0. The number of hydrogen-bond donors (Lipinski definition) is 0. The Labute approximate surface area is 148 Å². The van der Waals surface area contributed by atoms with E-state index in [1.807, 2.05) is 0 Å². The summed E-state index contributed by atoms with van der Waals surface area (Å²) >= 11 is 0. The summed E-state index contributed by atoms with van der Waals surface area (Å²) in [5, 5.41) is 2.58. The Hall–Kier alpha value is -2.86. The van der Waals surface area contributed by atoms with Gasteiger partial charge in [0.05, 0.1) is 0 Å². The van der Waals surface area contributed by atoms with Crippen LogP contribution in [0.1, 0.15) is 25.0 Å². The second kappa shape index (κ2) is 5.07. The van der Waals surface area contributed by atoms with Crippen LogP contribution < -0.4 is 0 Å². The van der Waals surface area contributed by atoms with E-state index in [0.29, 0.717) is 0 Å². The first-order valence-electron chi connectivity index (χ1n) is 8.88. The molecule has 0 amide bonds. The molecule has 4 aromatic rings. The molecule has 0 unspecified atom stereocenters. The molecular formula is C25H20. The zero-order valence-corrected chi connectivity index (χ0v) is 14.6. The minimum absolute atomic E-state index is 0.0772. The lowest BCUT2D eigenvalue weighted by atomic mass is 9.82. The van der Waals surface area contributed by atoms with Crippen molar-refractivity contribution in [1.29, 1.82) is 0 Å². The van der Waals surface area contributed by atoms with E-state index >= 15 is 0 Å². The van der Waals surface area contributed by atoms with Crippen LogP contribution in [-0.2, 0) is 5.41 Å². The lowest BCUT2D eigenvalue weighted by Crippen LogP contribution is -2.14. The van der Waals surface area contributed by atoms with E-state index in [2.05, 4.69) is 98.8 Å². The van der Waals surface area contributed by atoms with Crippen molar-refractivity contribution in [3.8, 4) is 22.3 Å². The Bertz CT molecular complexity index is 1120. The molecule has 0 heterocycles. The average molecular weight is 320 g/mol. The Balaban J connectivity index is 1.71. The minimum Gasteiger partial charge on any atom is -0.0619 e. The maximum absolute atomic E-state index is 2.37. The molecule has 0 atom stereocenters. The highest BCUT2D eigenvalue weighted by atomic mass is 14.4. The summed E-state index contributed by atoms with van der Waals surface area (Å²) in [6.45, 7) is 4.65. The molecule has 120 valence electrons. The SMILES string of the molecule is CC1(C)c2ccccc2-c2cc(-c3ccc4ccccc4c3)ccc21. The van der Waals surface area contributed by atoms with E-state index in [-0.39, 0.29) is 5.41 Å². The molecule has 0 saturated heterocycles. The number of fused-ring (bicyclic) bond motifs is 4. The minimum atomic E-state index is 0.0772. The lowest BCUT2D eigenvalue weighted by Gasteiger charge is -2.21. The molecule has 0 nitrogen and oxygen atoms in total. The fraction of sp³-hybridized carbons (Fsp3) is 0.120. The summed E-state index contributed by atoms with van der Waals surface area (Å²) < 4.78 is 0. The summed E-state index contributed by atoms with van der Waals surface area (Å²) in [6.07, 6.45) is 0.